The van der Waals surface area contributed by atoms with Crippen molar-refractivity contribution in [2.45, 2.75) is 71.0 Å². The molecule has 3 rings (SSSR count). The number of ether oxygens (including phenoxy) is 1. The van der Waals surface area contributed by atoms with Crippen LogP contribution in [0.3, 0.4) is 0 Å². The zero-order valence-corrected chi connectivity index (χ0v) is 14.7. The largest absolute Gasteiger partial charge is 0.388 e. The molecule has 1 aromatic carbocycles. The number of benzene rings is 1. The summed E-state index contributed by atoms with van der Waals surface area (Å²) in [4.78, 5) is 0. The fraction of sp³-hybridized carbons (Fsp3) is 0.700. The van der Waals surface area contributed by atoms with Gasteiger partial charge in [-0.3, -0.25) is 0 Å². The van der Waals surface area contributed by atoms with E-state index >= 15 is 0 Å². The van der Waals surface area contributed by atoms with Crippen molar-refractivity contribution in [3.05, 3.63) is 34.4 Å². The predicted octanol–water partition coefficient (Wildman–Crippen LogP) is 5.37. The number of rotatable bonds is 6. The second-order valence-electron chi connectivity index (χ2n) is 7.57. The van der Waals surface area contributed by atoms with E-state index in [1.165, 1.54) is 25.7 Å². The molecule has 0 radical (unpaired) electrons. The van der Waals surface area contributed by atoms with Crippen LogP contribution in [0.15, 0.2) is 6.07 Å². The molecule has 1 N–H and O–H groups in total. The zero-order valence-electron chi connectivity index (χ0n) is 14.7. The summed E-state index contributed by atoms with van der Waals surface area (Å²) >= 11 is 0. The van der Waals surface area contributed by atoms with Gasteiger partial charge in [-0.05, 0) is 36.8 Å². The molecule has 0 amide bonds. The highest BCUT2D eigenvalue weighted by molar-refractivity contribution is 5.37. The number of epoxide rings is 1. The fourth-order valence-electron chi connectivity index (χ4n) is 4.26. The minimum atomic E-state index is -0.929. The van der Waals surface area contributed by atoms with Crippen LogP contribution in [-0.4, -0.2) is 11.7 Å². The van der Waals surface area contributed by atoms with Crippen molar-refractivity contribution in [2.75, 3.05) is 6.61 Å². The van der Waals surface area contributed by atoms with Crippen molar-refractivity contribution in [1.29, 1.82) is 0 Å². The molecule has 1 heterocycles. The lowest BCUT2D eigenvalue weighted by atomic mass is 9.77. The number of halogens is 2. The summed E-state index contributed by atoms with van der Waals surface area (Å²) in [5.74, 6) is -0.546. The molecule has 0 bridgehead atoms. The van der Waals surface area contributed by atoms with Gasteiger partial charge in [0.2, 0.25) is 0 Å². The Morgan fingerprint density at radius 3 is 2.38 bits per heavy atom. The molecule has 1 saturated heterocycles. The number of aliphatic hydroxyl groups is 1. The lowest BCUT2D eigenvalue weighted by Crippen LogP contribution is -2.18. The van der Waals surface area contributed by atoms with E-state index in [2.05, 4.69) is 6.92 Å². The highest BCUT2D eigenvalue weighted by atomic mass is 19.2. The third kappa shape index (κ3) is 3.80. The molecule has 134 valence electrons. The molecule has 24 heavy (non-hydrogen) atoms. The summed E-state index contributed by atoms with van der Waals surface area (Å²) < 4.78 is 33.8. The highest BCUT2D eigenvalue weighted by Gasteiger charge is 2.33. The third-order valence-electron chi connectivity index (χ3n) is 5.71. The SMILES string of the molecule is CCCC1CCC(CC(O)c2c(C)cc(C3CO3)c(F)c2F)CC1. The molecule has 1 saturated carbocycles. The highest BCUT2D eigenvalue weighted by Crippen LogP contribution is 2.40. The second-order valence-corrected chi connectivity index (χ2v) is 7.57. The van der Waals surface area contributed by atoms with Gasteiger partial charge in [0.05, 0.1) is 12.7 Å². The molecule has 1 aliphatic carbocycles. The Balaban J connectivity index is 1.67. The summed E-state index contributed by atoms with van der Waals surface area (Å²) in [6.07, 6.45) is 6.32. The Kier molecular flexibility index (Phi) is 5.56. The van der Waals surface area contributed by atoms with Crippen LogP contribution in [0.25, 0.3) is 0 Å². The van der Waals surface area contributed by atoms with Gasteiger partial charge in [-0.15, -0.1) is 0 Å². The summed E-state index contributed by atoms with van der Waals surface area (Å²) in [5, 5.41) is 10.5. The van der Waals surface area contributed by atoms with Crippen LogP contribution >= 0.6 is 0 Å². The van der Waals surface area contributed by atoms with Crippen molar-refractivity contribution in [1.82, 2.24) is 0 Å². The fourth-order valence-corrected chi connectivity index (χ4v) is 4.26. The maximum absolute atomic E-state index is 14.5. The molecule has 2 unspecified atom stereocenters. The molecule has 0 aromatic heterocycles. The molecular formula is C20H28F2O2. The third-order valence-corrected chi connectivity index (χ3v) is 5.71. The maximum atomic E-state index is 14.5. The van der Waals surface area contributed by atoms with Gasteiger partial charge >= 0.3 is 0 Å². The summed E-state index contributed by atoms with van der Waals surface area (Å²) in [6, 6.07) is 1.63. The van der Waals surface area contributed by atoms with Crippen molar-refractivity contribution >= 4 is 0 Å². The van der Waals surface area contributed by atoms with Gasteiger partial charge in [-0.1, -0.05) is 45.4 Å². The van der Waals surface area contributed by atoms with Crippen molar-refractivity contribution in [3.63, 3.8) is 0 Å². The van der Waals surface area contributed by atoms with E-state index in [9.17, 15) is 13.9 Å². The standard InChI is InChI=1S/C20H28F2O2/c1-3-4-13-5-7-14(8-6-13)10-16(23)18-12(2)9-15(17-11-24-17)19(21)20(18)22/h9,13-14,16-17,23H,3-8,10-11H2,1-2H3. The average molecular weight is 338 g/mol. The van der Waals surface area contributed by atoms with E-state index in [1.807, 2.05) is 0 Å². The Morgan fingerprint density at radius 1 is 1.17 bits per heavy atom. The smallest absolute Gasteiger partial charge is 0.165 e. The molecule has 2 atom stereocenters. The van der Waals surface area contributed by atoms with Crippen molar-refractivity contribution in [3.8, 4) is 0 Å². The van der Waals surface area contributed by atoms with Gasteiger partial charge < -0.3 is 9.84 Å². The number of aliphatic hydroxyl groups excluding tert-OH is 1. The normalized spacial score (nSPS) is 28.0. The minimum absolute atomic E-state index is 0.132. The quantitative estimate of drug-likeness (QED) is 0.707. The van der Waals surface area contributed by atoms with Crippen molar-refractivity contribution < 1.29 is 18.6 Å². The Morgan fingerprint density at radius 2 is 1.79 bits per heavy atom. The van der Waals surface area contributed by atoms with E-state index in [0.29, 0.717) is 24.5 Å². The molecule has 2 fully saturated rings. The Labute approximate surface area is 143 Å². The molecular weight excluding hydrogens is 310 g/mol. The van der Waals surface area contributed by atoms with E-state index in [-0.39, 0.29) is 17.2 Å². The first-order valence-electron chi connectivity index (χ1n) is 9.29. The van der Waals surface area contributed by atoms with Crippen LogP contribution in [0, 0.1) is 30.4 Å². The molecule has 2 nitrogen and oxygen atoms in total. The van der Waals surface area contributed by atoms with Gasteiger partial charge in [0.25, 0.3) is 0 Å². The van der Waals surface area contributed by atoms with Crippen LogP contribution in [-0.2, 0) is 4.74 Å². The first-order chi connectivity index (χ1) is 11.5. The van der Waals surface area contributed by atoms with Crippen molar-refractivity contribution in [2.24, 2.45) is 11.8 Å². The molecule has 2 aliphatic rings. The summed E-state index contributed by atoms with van der Waals surface area (Å²) in [6.45, 7) is 4.40. The van der Waals surface area contributed by atoms with Gasteiger partial charge in [0.15, 0.2) is 11.6 Å². The van der Waals surface area contributed by atoms with Crippen LogP contribution < -0.4 is 0 Å². The topological polar surface area (TPSA) is 32.8 Å². The van der Waals surface area contributed by atoms with E-state index in [4.69, 9.17) is 4.74 Å². The molecule has 1 aromatic rings. The van der Waals surface area contributed by atoms with Crippen LogP contribution in [0.5, 0.6) is 0 Å². The lowest BCUT2D eigenvalue weighted by Gasteiger charge is -2.30. The lowest BCUT2D eigenvalue weighted by molar-refractivity contribution is 0.117. The van der Waals surface area contributed by atoms with Crippen LogP contribution in [0.4, 0.5) is 8.78 Å². The summed E-state index contributed by atoms with van der Waals surface area (Å²) in [7, 11) is 0. The predicted molar refractivity (Wildman–Crippen MR) is 89.7 cm³/mol. The van der Waals surface area contributed by atoms with E-state index in [0.717, 1.165) is 18.8 Å². The van der Waals surface area contributed by atoms with Gasteiger partial charge in [-0.2, -0.15) is 0 Å². The summed E-state index contributed by atoms with van der Waals surface area (Å²) in [5.41, 5.74) is 1.03. The number of hydrogen-bond donors (Lipinski definition) is 1. The maximum Gasteiger partial charge on any atom is 0.165 e. The monoisotopic (exact) mass is 338 g/mol. The number of hydrogen-bond acceptors (Lipinski definition) is 2. The van der Waals surface area contributed by atoms with E-state index in [1.54, 1.807) is 13.0 Å². The Hall–Kier alpha value is -1.00. The van der Waals surface area contributed by atoms with E-state index < -0.39 is 17.7 Å². The first-order valence-corrected chi connectivity index (χ1v) is 9.29. The number of aryl methyl sites for hydroxylation is 1. The Bertz CT molecular complexity index is 575. The zero-order chi connectivity index (χ0) is 17.3. The molecule has 0 spiro atoms. The van der Waals surface area contributed by atoms with Gasteiger partial charge in [0.1, 0.15) is 6.10 Å². The second kappa shape index (κ2) is 7.49. The van der Waals surface area contributed by atoms with Gasteiger partial charge in [0, 0.05) is 11.1 Å². The van der Waals surface area contributed by atoms with Crippen LogP contribution in [0.2, 0.25) is 0 Å². The van der Waals surface area contributed by atoms with Crippen LogP contribution in [0.1, 0.15) is 80.8 Å². The molecule has 4 heteroatoms. The first kappa shape index (κ1) is 17.8. The average Bonchev–Trinajstić information content (AvgIpc) is 3.38. The molecule has 1 aliphatic heterocycles. The minimum Gasteiger partial charge on any atom is -0.388 e. The van der Waals surface area contributed by atoms with Gasteiger partial charge in [-0.25, -0.2) is 8.78 Å².